The van der Waals surface area contributed by atoms with E-state index in [1.54, 1.807) is 18.2 Å². The standard InChI is InChI=1S/C24H23N5O4S/c25-34(31,32)18-9-10-22(29-11-13-33-14-12-29)19(15-18)24(30)26-17-7-5-16(6-8-17)23-27-20-3-1-2-4-21(20)28-23/h1-10,15H,11-14H2,(H,26,30)(H,27,28)(H2,25,31,32). The molecule has 9 nitrogen and oxygen atoms in total. The molecule has 0 spiro atoms. The lowest BCUT2D eigenvalue weighted by Gasteiger charge is -2.30. The molecular formula is C24H23N5O4S. The lowest BCUT2D eigenvalue weighted by Crippen LogP contribution is -2.37. The molecule has 10 heteroatoms. The average molecular weight is 478 g/mol. The highest BCUT2D eigenvalue weighted by Crippen LogP contribution is 2.27. The molecule has 1 aliphatic rings. The Morgan fingerprint density at radius 1 is 1.03 bits per heavy atom. The fourth-order valence-corrected chi connectivity index (χ4v) is 4.49. The molecule has 4 aromatic rings. The maximum atomic E-state index is 13.2. The van der Waals surface area contributed by atoms with Gasteiger partial charge in [0, 0.05) is 30.0 Å². The van der Waals surface area contributed by atoms with E-state index in [4.69, 9.17) is 9.88 Å². The number of H-pyrrole nitrogens is 1. The summed E-state index contributed by atoms with van der Waals surface area (Å²) in [6.07, 6.45) is 0. The second kappa shape index (κ2) is 8.90. The summed E-state index contributed by atoms with van der Waals surface area (Å²) in [4.78, 5) is 23.0. The number of aromatic amines is 1. The van der Waals surface area contributed by atoms with Gasteiger partial charge in [0.1, 0.15) is 5.82 Å². The van der Waals surface area contributed by atoms with Gasteiger partial charge in [0.25, 0.3) is 5.91 Å². The van der Waals surface area contributed by atoms with E-state index in [9.17, 15) is 13.2 Å². The molecule has 2 heterocycles. The van der Waals surface area contributed by atoms with Gasteiger partial charge in [-0.05, 0) is 54.6 Å². The SMILES string of the molecule is NS(=O)(=O)c1ccc(N2CCOCC2)c(C(=O)Nc2ccc(-c3nc4ccccc4[nH]3)cc2)c1. The van der Waals surface area contributed by atoms with Crippen molar-refractivity contribution < 1.29 is 17.9 Å². The second-order valence-electron chi connectivity index (χ2n) is 7.96. The summed E-state index contributed by atoms with van der Waals surface area (Å²) in [5, 5.41) is 8.16. The largest absolute Gasteiger partial charge is 0.378 e. The number of anilines is 2. The van der Waals surface area contributed by atoms with Crippen LogP contribution in [0, 0.1) is 0 Å². The minimum atomic E-state index is -3.96. The molecule has 0 atom stereocenters. The van der Waals surface area contributed by atoms with Crippen molar-refractivity contribution in [2.45, 2.75) is 4.90 Å². The fourth-order valence-electron chi connectivity index (χ4n) is 3.95. The molecule has 174 valence electrons. The number of aromatic nitrogens is 2. The first-order valence-corrected chi connectivity index (χ1v) is 12.3. The number of carbonyl (C=O) groups is 1. The van der Waals surface area contributed by atoms with Crippen LogP contribution in [0.2, 0.25) is 0 Å². The number of amides is 1. The number of hydrogen-bond donors (Lipinski definition) is 3. The second-order valence-corrected chi connectivity index (χ2v) is 9.52. The van der Waals surface area contributed by atoms with Crippen LogP contribution in [0.25, 0.3) is 22.4 Å². The molecule has 4 N–H and O–H groups in total. The third kappa shape index (κ3) is 4.51. The minimum Gasteiger partial charge on any atom is -0.378 e. The van der Waals surface area contributed by atoms with Gasteiger partial charge < -0.3 is 19.9 Å². The van der Waals surface area contributed by atoms with Gasteiger partial charge in [-0.15, -0.1) is 0 Å². The van der Waals surface area contributed by atoms with E-state index in [0.717, 1.165) is 22.4 Å². The molecule has 1 fully saturated rings. The zero-order chi connectivity index (χ0) is 23.7. The lowest BCUT2D eigenvalue weighted by atomic mass is 10.1. The molecule has 1 amide bonds. The van der Waals surface area contributed by atoms with Crippen molar-refractivity contribution >= 4 is 38.3 Å². The van der Waals surface area contributed by atoms with Gasteiger partial charge in [0.15, 0.2) is 0 Å². The van der Waals surface area contributed by atoms with Crippen LogP contribution in [0.15, 0.2) is 71.6 Å². The summed E-state index contributed by atoms with van der Waals surface area (Å²) in [6.45, 7) is 2.25. The number of fused-ring (bicyclic) bond motifs is 1. The topological polar surface area (TPSA) is 130 Å². The first kappa shape index (κ1) is 22.1. The van der Waals surface area contributed by atoms with Crippen molar-refractivity contribution in [3.63, 3.8) is 0 Å². The van der Waals surface area contributed by atoms with Crippen molar-refractivity contribution in [2.75, 3.05) is 36.5 Å². The zero-order valence-electron chi connectivity index (χ0n) is 18.2. The molecule has 1 saturated heterocycles. The predicted molar refractivity (Wildman–Crippen MR) is 130 cm³/mol. The predicted octanol–water partition coefficient (Wildman–Crippen LogP) is 2.97. The highest BCUT2D eigenvalue weighted by Gasteiger charge is 2.22. The number of primary sulfonamides is 1. The third-order valence-corrected chi connectivity index (χ3v) is 6.61. The maximum absolute atomic E-state index is 13.2. The van der Waals surface area contributed by atoms with E-state index in [-0.39, 0.29) is 10.5 Å². The lowest BCUT2D eigenvalue weighted by molar-refractivity contribution is 0.102. The van der Waals surface area contributed by atoms with Crippen LogP contribution in [-0.2, 0) is 14.8 Å². The molecule has 3 aromatic carbocycles. The minimum absolute atomic E-state index is 0.116. The Hall–Kier alpha value is -3.73. The Morgan fingerprint density at radius 2 is 1.76 bits per heavy atom. The number of para-hydroxylation sites is 2. The number of rotatable bonds is 5. The Morgan fingerprint density at radius 3 is 2.47 bits per heavy atom. The van der Waals surface area contributed by atoms with Gasteiger partial charge in [0.2, 0.25) is 10.0 Å². The molecule has 5 rings (SSSR count). The number of hydrogen-bond acceptors (Lipinski definition) is 6. The number of imidazole rings is 1. The number of morpholine rings is 1. The van der Waals surface area contributed by atoms with Crippen molar-refractivity contribution in [1.29, 1.82) is 0 Å². The summed E-state index contributed by atoms with van der Waals surface area (Å²) in [5.41, 5.74) is 4.13. The number of nitrogens with zero attached hydrogens (tertiary/aromatic N) is 2. The van der Waals surface area contributed by atoms with E-state index in [0.29, 0.717) is 37.7 Å². The average Bonchev–Trinajstić information content (AvgIpc) is 3.28. The number of nitrogens with one attached hydrogen (secondary N) is 2. The molecular weight excluding hydrogens is 454 g/mol. The summed E-state index contributed by atoms with van der Waals surface area (Å²) >= 11 is 0. The van der Waals surface area contributed by atoms with E-state index in [1.807, 2.05) is 41.3 Å². The molecule has 1 aromatic heterocycles. The van der Waals surface area contributed by atoms with E-state index in [2.05, 4.69) is 15.3 Å². The number of benzene rings is 3. The zero-order valence-corrected chi connectivity index (χ0v) is 19.0. The van der Waals surface area contributed by atoms with Crippen LogP contribution in [0.3, 0.4) is 0 Å². The van der Waals surface area contributed by atoms with Gasteiger partial charge in [-0.2, -0.15) is 0 Å². The number of ether oxygens (including phenoxy) is 1. The Balaban J connectivity index is 1.41. The maximum Gasteiger partial charge on any atom is 0.257 e. The van der Waals surface area contributed by atoms with Crippen molar-refractivity contribution in [3.8, 4) is 11.4 Å². The highest BCUT2D eigenvalue weighted by atomic mass is 32.2. The van der Waals surface area contributed by atoms with E-state index < -0.39 is 15.9 Å². The Bertz CT molecular complexity index is 1430. The number of sulfonamides is 1. The highest BCUT2D eigenvalue weighted by molar-refractivity contribution is 7.89. The van der Waals surface area contributed by atoms with Gasteiger partial charge in [0.05, 0.1) is 34.7 Å². The molecule has 0 bridgehead atoms. The molecule has 0 saturated carbocycles. The van der Waals surface area contributed by atoms with Crippen LogP contribution in [-0.4, -0.2) is 50.6 Å². The van der Waals surface area contributed by atoms with Gasteiger partial charge >= 0.3 is 0 Å². The first-order valence-electron chi connectivity index (χ1n) is 10.7. The normalized spacial score (nSPS) is 14.3. The summed E-state index contributed by atoms with van der Waals surface area (Å²) < 4.78 is 29.2. The van der Waals surface area contributed by atoms with Crippen LogP contribution in [0.1, 0.15) is 10.4 Å². The van der Waals surface area contributed by atoms with Crippen LogP contribution in [0.5, 0.6) is 0 Å². The quantitative estimate of drug-likeness (QED) is 0.405. The summed E-state index contributed by atoms with van der Waals surface area (Å²) in [6, 6.07) is 19.4. The Labute approximate surface area is 196 Å². The monoisotopic (exact) mass is 477 g/mol. The van der Waals surface area contributed by atoms with Crippen LogP contribution >= 0.6 is 0 Å². The molecule has 0 radical (unpaired) electrons. The summed E-state index contributed by atoms with van der Waals surface area (Å²) in [5.74, 6) is 0.304. The Kier molecular flexibility index (Phi) is 5.78. The molecule has 0 aliphatic carbocycles. The van der Waals surface area contributed by atoms with Crippen molar-refractivity contribution in [3.05, 3.63) is 72.3 Å². The van der Waals surface area contributed by atoms with Crippen molar-refractivity contribution in [2.24, 2.45) is 5.14 Å². The van der Waals surface area contributed by atoms with Gasteiger partial charge in [-0.25, -0.2) is 18.5 Å². The number of carbonyl (C=O) groups excluding carboxylic acids is 1. The van der Waals surface area contributed by atoms with Crippen molar-refractivity contribution in [1.82, 2.24) is 9.97 Å². The molecule has 0 unspecified atom stereocenters. The van der Waals surface area contributed by atoms with Gasteiger partial charge in [-0.3, -0.25) is 4.79 Å². The first-order chi connectivity index (χ1) is 16.4. The van der Waals surface area contributed by atoms with Crippen LogP contribution < -0.4 is 15.4 Å². The number of nitrogens with two attached hydrogens (primary N) is 1. The smallest absolute Gasteiger partial charge is 0.257 e. The summed E-state index contributed by atoms with van der Waals surface area (Å²) in [7, 11) is -3.96. The van der Waals surface area contributed by atoms with Gasteiger partial charge in [-0.1, -0.05) is 12.1 Å². The fraction of sp³-hybridized carbons (Fsp3) is 0.167. The third-order valence-electron chi connectivity index (χ3n) is 5.70. The molecule has 34 heavy (non-hydrogen) atoms. The molecule has 1 aliphatic heterocycles. The van der Waals surface area contributed by atoms with E-state index in [1.165, 1.54) is 12.1 Å². The van der Waals surface area contributed by atoms with Crippen LogP contribution in [0.4, 0.5) is 11.4 Å². The van der Waals surface area contributed by atoms with E-state index >= 15 is 0 Å².